The lowest BCUT2D eigenvalue weighted by Crippen LogP contribution is -2.02. The van der Waals surface area contributed by atoms with Gasteiger partial charge in [-0.1, -0.05) is 64.1 Å². The quantitative estimate of drug-likeness (QED) is 0.213. The second-order valence-electron chi connectivity index (χ2n) is 6.50. The highest BCUT2D eigenvalue weighted by Crippen LogP contribution is 2.23. The summed E-state index contributed by atoms with van der Waals surface area (Å²) >= 11 is 4.59. The molecule has 31 heavy (non-hydrogen) atoms. The van der Waals surface area contributed by atoms with Gasteiger partial charge in [-0.25, -0.2) is 4.39 Å². The summed E-state index contributed by atoms with van der Waals surface area (Å²) in [6.45, 7) is 0.0602. The molecule has 156 valence electrons. The van der Waals surface area contributed by atoms with Gasteiger partial charge in [-0.2, -0.15) is 0 Å². The van der Waals surface area contributed by atoms with Crippen molar-refractivity contribution in [2.45, 2.75) is 11.8 Å². The molecule has 0 aliphatic heterocycles. The zero-order valence-electron chi connectivity index (χ0n) is 16.1. The molecule has 8 heteroatoms. The molecule has 3 aromatic carbocycles. The Balaban J connectivity index is 1.29. The number of aromatic nitrogens is 2. The van der Waals surface area contributed by atoms with E-state index < -0.39 is 0 Å². The molecule has 0 aliphatic rings. The first-order valence-corrected chi connectivity index (χ1v) is 11.1. The minimum atomic E-state index is -0.337. The van der Waals surface area contributed by atoms with Crippen molar-refractivity contribution in [3.05, 3.63) is 94.5 Å². The van der Waals surface area contributed by atoms with E-state index in [9.17, 15) is 9.18 Å². The smallest absolute Gasteiger partial charge is 0.277 e. The Labute approximate surface area is 190 Å². The van der Waals surface area contributed by atoms with Crippen molar-refractivity contribution >= 4 is 33.5 Å². The van der Waals surface area contributed by atoms with Crippen molar-refractivity contribution in [2.75, 3.05) is 5.75 Å². The first kappa shape index (κ1) is 21.3. The van der Waals surface area contributed by atoms with Gasteiger partial charge in [-0.05, 0) is 47.5 Å². The predicted molar refractivity (Wildman–Crippen MR) is 120 cm³/mol. The van der Waals surface area contributed by atoms with Gasteiger partial charge in [0.25, 0.3) is 11.1 Å². The Morgan fingerprint density at radius 1 is 0.935 bits per heavy atom. The number of ketones is 1. The molecule has 0 atom stereocenters. The molecule has 4 aromatic rings. The average Bonchev–Trinajstić information content (AvgIpc) is 3.26. The highest BCUT2D eigenvalue weighted by atomic mass is 79.9. The molecule has 1 aromatic heterocycles. The van der Waals surface area contributed by atoms with Crippen molar-refractivity contribution in [1.29, 1.82) is 0 Å². The summed E-state index contributed by atoms with van der Waals surface area (Å²) in [5.74, 6) is 0.581. The maximum Gasteiger partial charge on any atom is 0.277 e. The molecule has 4 rings (SSSR count). The third-order valence-electron chi connectivity index (χ3n) is 4.34. The summed E-state index contributed by atoms with van der Waals surface area (Å²) in [7, 11) is 0. The minimum absolute atomic E-state index is 0.0327. The van der Waals surface area contributed by atoms with Gasteiger partial charge in [0.05, 0.1) is 5.75 Å². The molecule has 0 spiro atoms. The first-order chi connectivity index (χ1) is 15.1. The number of carbonyl (C=O) groups excluding carboxylic acids is 1. The fraction of sp³-hybridized carbons (Fsp3) is 0.0870. The molecule has 1 heterocycles. The van der Waals surface area contributed by atoms with Crippen LogP contribution in [-0.2, 0) is 6.61 Å². The molecular weight excluding hydrogens is 483 g/mol. The van der Waals surface area contributed by atoms with Gasteiger partial charge in [0.1, 0.15) is 11.6 Å². The average molecular weight is 499 g/mol. The van der Waals surface area contributed by atoms with Gasteiger partial charge in [-0.15, -0.1) is 10.2 Å². The van der Waals surface area contributed by atoms with E-state index in [4.69, 9.17) is 9.15 Å². The molecule has 0 radical (unpaired) electrons. The zero-order chi connectivity index (χ0) is 21.6. The third-order valence-corrected chi connectivity index (χ3v) is 5.68. The Hall–Kier alpha value is -2.97. The number of hydrogen-bond acceptors (Lipinski definition) is 6. The Bertz CT molecular complexity index is 1160. The van der Waals surface area contributed by atoms with Crippen molar-refractivity contribution in [3.8, 4) is 16.9 Å². The fourth-order valence-electron chi connectivity index (χ4n) is 2.73. The van der Waals surface area contributed by atoms with Crippen LogP contribution in [0.1, 0.15) is 16.2 Å². The predicted octanol–water partition coefficient (Wildman–Crippen LogP) is 6.19. The number of rotatable bonds is 8. The van der Waals surface area contributed by atoms with E-state index in [-0.39, 0.29) is 35.1 Å². The molecule has 0 saturated heterocycles. The summed E-state index contributed by atoms with van der Waals surface area (Å²) in [6.07, 6.45) is 0. The standard InChI is InChI=1S/C23H16BrFN2O3S/c24-18-7-5-16(6-8-18)15-1-3-17(4-2-15)21(28)14-31-23-27-26-22(30-23)13-29-20-11-9-19(25)10-12-20/h1-12H,13-14H2. The van der Waals surface area contributed by atoms with Crippen LogP contribution in [0.25, 0.3) is 11.1 Å². The topological polar surface area (TPSA) is 65.2 Å². The van der Waals surface area contributed by atoms with Crippen LogP contribution in [0.5, 0.6) is 5.75 Å². The lowest BCUT2D eigenvalue weighted by atomic mass is 10.0. The first-order valence-electron chi connectivity index (χ1n) is 9.29. The molecule has 5 nitrogen and oxygen atoms in total. The van der Waals surface area contributed by atoms with Crippen LogP contribution in [0.3, 0.4) is 0 Å². The molecule has 0 bridgehead atoms. The van der Waals surface area contributed by atoms with E-state index in [2.05, 4.69) is 26.1 Å². The van der Waals surface area contributed by atoms with Crippen molar-refractivity contribution in [1.82, 2.24) is 10.2 Å². The number of thioether (sulfide) groups is 1. The normalized spacial score (nSPS) is 10.8. The number of halogens is 2. The van der Waals surface area contributed by atoms with Crippen LogP contribution in [0.15, 0.2) is 86.9 Å². The zero-order valence-corrected chi connectivity index (χ0v) is 18.5. The number of carbonyl (C=O) groups is 1. The largest absolute Gasteiger partial charge is 0.484 e. The van der Waals surface area contributed by atoms with Crippen LogP contribution in [-0.4, -0.2) is 21.7 Å². The van der Waals surface area contributed by atoms with Crippen molar-refractivity contribution < 1.29 is 18.3 Å². The minimum Gasteiger partial charge on any atom is -0.484 e. The van der Waals surface area contributed by atoms with Crippen LogP contribution in [0, 0.1) is 5.82 Å². The van der Waals surface area contributed by atoms with Gasteiger partial charge >= 0.3 is 0 Å². The summed E-state index contributed by atoms with van der Waals surface area (Å²) < 4.78 is 24.9. The number of hydrogen-bond donors (Lipinski definition) is 0. The number of nitrogens with zero attached hydrogens (tertiary/aromatic N) is 2. The molecule has 0 aliphatic carbocycles. The van der Waals surface area contributed by atoms with E-state index in [0.29, 0.717) is 11.3 Å². The molecule has 0 saturated carbocycles. The van der Waals surface area contributed by atoms with Crippen LogP contribution >= 0.6 is 27.7 Å². The maximum absolute atomic E-state index is 12.9. The summed E-state index contributed by atoms with van der Waals surface area (Å²) in [5.41, 5.74) is 2.74. The summed E-state index contributed by atoms with van der Waals surface area (Å²) in [5, 5.41) is 8.11. The number of benzene rings is 3. The second-order valence-corrected chi connectivity index (χ2v) is 8.34. The van der Waals surface area contributed by atoms with Gasteiger partial charge in [0.2, 0.25) is 0 Å². The van der Waals surface area contributed by atoms with Gasteiger partial charge in [0, 0.05) is 10.0 Å². The van der Waals surface area contributed by atoms with Crippen molar-refractivity contribution in [3.63, 3.8) is 0 Å². The van der Waals surface area contributed by atoms with Crippen LogP contribution in [0.2, 0.25) is 0 Å². The Kier molecular flexibility index (Phi) is 6.79. The van der Waals surface area contributed by atoms with Crippen LogP contribution < -0.4 is 4.74 Å². The number of ether oxygens (including phenoxy) is 1. The SMILES string of the molecule is O=C(CSc1nnc(COc2ccc(F)cc2)o1)c1ccc(-c2ccc(Br)cc2)cc1. The van der Waals surface area contributed by atoms with E-state index in [0.717, 1.165) is 15.6 Å². The van der Waals surface area contributed by atoms with E-state index in [1.807, 2.05) is 48.5 Å². The van der Waals surface area contributed by atoms with Crippen molar-refractivity contribution in [2.24, 2.45) is 0 Å². The Morgan fingerprint density at radius 3 is 2.26 bits per heavy atom. The fourth-order valence-corrected chi connectivity index (χ4v) is 3.67. The second kappa shape index (κ2) is 9.89. The van der Waals surface area contributed by atoms with E-state index >= 15 is 0 Å². The van der Waals surface area contributed by atoms with Gasteiger partial charge in [0.15, 0.2) is 12.4 Å². The summed E-state index contributed by atoms with van der Waals surface area (Å²) in [6, 6.07) is 21.1. The monoisotopic (exact) mass is 498 g/mol. The lowest BCUT2D eigenvalue weighted by Gasteiger charge is -2.04. The van der Waals surface area contributed by atoms with E-state index in [1.165, 1.54) is 36.0 Å². The Morgan fingerprint density at radius 2 is 1.58 bits per heavy atom. The summed E-state index contributed by atoms with van der Waals surface area (Å²) in [4.78, 5) is 12.5. The number of Topliss-reactive ketones (excluding diaryl/α,β-unsaturated/α-hetero) is 1. The molecular formula is C23H16BrFN2O3S. The molecule has 0 amide bonds. The molecule has 0 N–H and O–H groups in total. The van der Waals surface area contributed by atoms with Gasteiger partial charge in [-0.3, -0.25) is 4.79 Å². The highest BCUT2D eigenvalue weighted by molar-refractivity contribution is 9.10. The van der Waals surface area contributed by atoms with E-state index in [1.54, 1.807) is 0 Å². The van der Waals surface area contributed by atoms with Gasteiger partial charge < -0.3 is 9.15 Å². The molecule has 0 fully saturated rings. The molecule has 0 unspecified atom stereocenters. The maximum atomic E-state index is 12.9. The van der Waals surface area contributed by atoms with Crippen LogP contribution in [0.4, 0.5) is 4.39 Å². The third kappa shape index (κ3) is 5.80. The lowest BCUT2D eigenvalue weighted by molar-refractivity contribution is 0.102. The highest BCUT2D eigenvalue weighted by Gasteiger charge is 2.12.